The molecule has 0 aliphatic rings. The largest absolute Gasteiger partial charge is 0.355 e. The van der Waals surface area contributed by atoms with Crippen LogP contribution in [0.3, 0.4) is 0 Å². The third kappa shape index (κ3) is 5.62. The van der Waals surface area contributed by atoms with Crippen LogP contribution in [-0.2, 0) is 23.6 Å². The third-order valence-electron chi connectivity index (χ3n) is 3.56. The van der Waals surface area contributed by atoms with E-state index in [1.807, 2.05) is 35.8 Å². The highest BCUT2D eigenvalue weighted by atomic mass is 35.5. The first-order valence-electron chi connectivity index (χ1n) is 7.70. The predicted octanol–water partition coefficient (Wildman–Crippen LogP) is 2.38. The number of aliphatic imine (C=N–C) groups is 1. The Morgan fingerprint density at radius 3 is 2.62 bits per heavy atom. The van der Waals surface area contributed by atoms with Crippen molar-refractivity contribution in [1.82, 2.24) is 19.5 Å². The maximum Gasteiger partial charge on any atom is 0.250 e. The zero-order chi connectivity index (χ0) is 19.3. The van der Waals surface area contributed by atoms with Gasteiger partial charge >= 0.3 is 0 Å². The zero-order valence-electron chi connectivity index (χ0n) is 14.7. The molecule has 2 aromatic rings. The van der Waals surface area contributed by atoms with Gasteiger partial charge in [0.2, 0.25) is 10.0 Å². The van der Waals surface area contributed by atoms with Gasteiger partial charge in [-0.25, -0.2) is 13.1 Å². The molecule has 0 aliphatic heterocycles. The molecule has 26 heavy (non-hydrogen) atoms. The van der Waals surface area contributed by atoms with Crippen LogP contribution in [0, 0.1) is 0 Å². The number of guanidine groups is 1. The Kier molecular flexibility index (Phi) is 7.36. The molecule has 0 saturated heterocycles. The Morgan fingerprint density at radius 1 is 1.35 bits per heavy atom. The molecule has 2 rings (SSSR count). The number of aryl methyl sites for hydroxylation is 1. The molecule has 2 aromatic heterocycles. The summed E-state index contributed by atoms with van der Waals surface area (Å²) >= 11 is 12.8. The van der Waals surface area contributed by atoms with E-state index in [4.69, 9.17) is 23.2 Å². The van der Waals surface area contributed by atoms with Crippen molar-refractivity contribution in [3.63, 3.8) is 0 Å². The minimum absolute atomic E-state index is 0.199. The Bertz CT molecular complexity index is 876. The fraction of sp³-hybridized carbons (Fsp3) is 0.400. The Balaban J connectivity index is 1.84. The lowest BCUT2D eigenvalue weighted by atomic mass is 10.4. The van der Waals surface area contributed by atoms with Gasteiger partial charge in [-0.2, -0.15) is 0 Å². The number of aromatic nitrogens is 1. The third-order valence-corrected chi connectivity index (χ3v) is 6.95. The molecule has 0 amide bonds. The Labute approximate surface area is 167 Å². The van der Waals surface area contributed by atoms with Crippen molar-refractivity contribution in [1.29, 1.82) is 0 Å². The summed E-state index contributed by atoms with van der Waals surface area (Å²) in [6, 6.07) is 4.94. The SMILES string of the molecule is CN=C(NCCNS(=O)(=O)c1ccc(Cl)s1)N(C)Cc1cc(Cl)cn1C. The van der Waals surface area contributed by atoms with Crippen LogP contribution in [0.15, 0.2) is 33.6 Å². The fourth-order valence-corrected chi connectivity index (χ4v) is 5.13. The lowest BCUT2D eigenvalue weighted by molar-refractivity contribution is 0.462. The van der Waals surface area contributed by atoms with Gasteiger partial charge in [0.15, 0.2) is 5.96 Å². The number of thiophene rings is 1. The lowest BCUT2D eigenvalue weighted by Crippen LogP contribution is -2.42. The van der Waals surface area contributed by atoms with Gasteiger partial charge in [0.1, 0.15) is 4.21 Å². The van der Waals surface area contributed by atoms with E-state index in [1.165, 1.54) is 6.07 Å². The van der Waals surface area contributed by atoms with Crippen LogP contribution in [0.2, 0.25) is 9.36 Å². The molecule has 0 atom stereocenters. The van der Waals surface area contributed by atoms with Crippen LogP contribution in [-0.4, -0.2) is 51.0 Å². The van der Waals surface area contributed by atoms with E-state index in [1.54, 1.807) is 13.1 Å². The molecule has 0 bridgehead atoms. The number of hydrogen-bond acceptors (Lipinski definition) is 4. The van der Waals surface area contributed by atoms with Gasteiger partial charge < -0.3 is 14.8 Å². The summed E-state index contributed by atoms with van der Waals surface area (Å²) in [7, 11) is 1.96. The van der Waals surface area contributed by atoms with Gasteiger partial charge in [-0.05, 0) is 18.2 Å². The molecule has 2 heterocycles. The van der Waals surface area contributed by atoms with E-state index in [-0.39, 0.29) is 10.8 Å². The van der Waals surface area contributed by atoms with Crippen molar-refractivity contribution >= 4 is 50.5 Å². The molecule has 0 aliphatic carbocycles. The minimum atomic E-state index is -3.54. The average Bonchev–Trinajstić information content (AvgIpc) is 3.13. The van der Waals surface area contributed by atoms with Crippen LogP contribution in [0.4, 0.5) is 0 Å². The molecule has 0 fully saturated rings. The molecule has 11 heteroatoms. The maximum absolute atomic E-state index is 12.1. The van der Waals surface area contributed by atoms with Crippen LogP contribution in [0.25, 0.3) is 0 Å². The summed E-state index contributed by atoms with van der Waals surface area (Å²) in [6.45, 7) is 1.23. The molecule has 144 valence electrons. The number of hydrogen-bond donors (Lipinski definition) is 2. The molecule has 0 spiro atoms. The lowest BCUT2D eigenvalue weighted by Gasteiger charge is -2.22. The number of halogens is 2. The first-order valence-corrected chi connectivity index (χ1v) is 10.8. The topological polar surface area (TPSA) is 78.7 Å². The normalized spacial score (nSPS) is 12.4. The maximum atomic E-state index is 12.1. The summed E-state index contributed by atoms with van der Waals surface area (Å²) in [6.07, 6.45) is 1.84. The van der Waals surface area contributed by atoms with E-state index in [0.717, 1.165) is 17.0 Å². The highest BCUT2D eigenvalue weighted by molar-refractivity contribution is 7.91. The number of sulfonamides is 1. The molecule has 0 radical (unpaired) electrons. The molecule has 0 unspecified atom stereocenters. The molecule has 0 saturated carbocycles. The van der Waals surface area contributed by atoms with Gasteiger partial charge in [0.05, 0.1) is 15.9 Å². The summed E-state index contributed by atoms with van der Waals surface area (Å²) in [5.74, 6) is 0.653. The Hall–Kier alpha value is -1.26. The van der Waals surface area contributed by atoms with Crippen molar-refractivity contribution in [2.45, 2.75) is 10.8 Å². The second-order valence-electron chi connectivity index (χ2n) is 5.55. The zero-order valence-corrected chi connectivity index (χ0v) is 17.8. The van der Waals surface area contributed by atoms with Crippen molar-refractivity contribution in [3.05, 3.63) is 39.4 Å². The van der Waals surface area contributed by atoms with Gasteiger partial charge in [-0.3, -0.25) is 4.99 Å². The first kappa shape index (κ1) is 21.0. The standard InChI is InChI=1S/C15H21Cl2N5O2S2/c1-18-15(22(3)10-12-8-11(16)9-21(12)2)19-6-7-20-26(23,24)14-5-4-13(17)25-14/h4-5,8-9,20H,6-7,10H2,1-3H3,(H,18,19). The average molecular weight is 438 g/mol. The fourth-order valence-electron chi connectivity index (χ4n) is 2.30. The highest BCUT2D eigenvalue weighted by Gasteiger charge is 2.16. The van der Waals surface area contributed by atoms with Crippen molar-refractivity contribution in [2.24, 2.45) is 12.0 Å². The van der Waals surface area contributed by atoms with Gasteiger partial charge in [0, 0.05) is 46.1 Å². The van der Waals surface area contributed by atoms with E-state index >= 15 is 0 Å². The number of nitrogens with one attached hydrogen (secondary N) is 2. The molecule has 2 N–H and O–H groups in total. The highest BCUT2D eigenvalue weighted by Crippen LogP contribution is 2.25. The van der Waals surface area contributed by atoms with Gasteiger partial charge in [-0.1, -0.05) is 23.2 Å². The van der Waals surface area contributed by atoms with Crippen LogP contribution < -0.4 is 10.0 Å². The molecular weight excluding hydrogens is 417 g/mol. The van der Waals surface area contributed by atoms with Crippen molar-refractivity contribution in [2.75, 3.05) is 27.2 Å². The van der Waals surface area contributed by atoms with E-state index in [0.29, 0.717) is 28.4 Å². The number of nitrogens with zero attached hydrogens (tertiary/aromatic N) is 3. The smallest absolute Gasteiger partial charge is 0.250 e. The van der Waals surface area contributed by atoms with E-state index < -0.39 is 10.0 Å². The van der Waals surface area contributed by atoms with Crippen molar-refractivity contribution < 1.29 is 8.42 Å². The summed E-state index contributed by atoms with van der Waals surface area (Å²) in [5, 5.41) is 3.81. The molecule has 0 aromatic carbocycles. The summed E-state index contributed by atoms with van der Waals surface area (Å²) in [4.78, 5) is 6.14. The molecular formula is C15H21Cl2N5O2S2. The van der Waals surface area contributed by atoms with E-state index in [2.05, 4.69) is 15.0 Å². The number of rotatable bonds is 7. The van der Waals surface area contributed by atoms with Crippen LogP contribution in [0.5, 0.6) is 0 Å². The summed E-state index contributed by atoms with van der Waals surface area (Å²) in [5.41, 5.74) is 1.04. The summed E-state index contributed by atoms with van der Waals surface area (Å²) < 4.78 is 29.4. The van der Waals surface area contributed by atoms with Crippen LogP contribution in [0.1, 0.15) is 5.69 Å². The van der Waals surface area contributed by atoms with Crippen molar-refractivity contribution in [3.8, 4) is 0 Å². The van der Waals surface area contributed by atoms with E-state index in [9.17, 15) is 8.42 Å². The second-order valence-corrected chi connectivity index (χ2v) is 9.69. The van der Waals surface area contributed by atoms with Gasteiger partial charge in [-0.15, -0.1) is 11.3 Å². The second kappa shape index (κ2) is 9.09. The quantitative estimate of drug-likeness (QED) is 0.395. The molecule has 7 nitrogen and oxygen atoms in total. The predicted molar refractivity (Wildman–Crippen MR) is 108 cm³/mol. The van der Waals surface area contributed by atoms with Crippen LogP contribution >= 0.6 is 34.5 Å². The first-order chi connectivity index (χ1) is 12.2. The Morgan fingerprint density at radius 2 is 2.08 bits per heavy atom. The van der Waals surface area contributed by atoms with Gasteiger partial charge in [0.25, 0.3) is 0 Å². The minimum Gasteiger partial charge on any atom is -0.355 e. The monoisotopic (exact) mass is 437 g/mol.